The Morgan fingerprint density at radius 3 is 2.67 bits per heavy atom. The molecular formula is C9H19N3. The number of hydrogen-bond donors (Lipinski definition) is 0. The lowest BCUT2D eigenvalue weighted by Gasteiger charge is -2.26. The minimum Gasteiger partial charge on any atom is -0.340 e. The molecule has 0 saturated heterocycles. The third kappa shape index (κ3) is 1.90. The summed E-state index contributed by atoms with van der Waals surface area (Å²) in [6.45, 7) is 8.71. The molecule has 1 unspecified atom stereocenters. The van der Waals surface area contributed by atoms with Crippen molar-refractivity contribution in [2.75, 3.05) is 13.1 Å². The zero-order chi connectivity index (χ0) is 8.97. The Bertz CT molecular complexity index is 156. The van der Waals surface area contributed by atoms with Gasteiger partial charge in [0, 0.05) is 13.1 Å². The summed E-state index contributed by atoms with van der Waals surface area (Å²) in [5.74, 6) is 0. The molecule has 1 rings (SSSR count). The van der Waals surface area contributed by atoms with E-state index in [1.54, 1.807) is 0 Å². The van der Waals surface area contributed by atoms with Gasteiger partial charge >= 0.3 is 0 Å². The van der Waals surface area contributed by atoms with Crippen molar-refractivity contribution >= 4 is 6.34 Å². The van der Waals surface area contributed by atoms with Crippen LogP contribution in [0.25, 0.3) is 0 Å². The Kier molecular flexibility index (Phi) is 3.38. The summed E-state index contributed by atoms with van der Waals surface area (Å²) in [5.41, 5.74) is 0. The van der Waals surface area contributed by atoms with Gasteiger partial charge in [0.25, 0.3) is 0 Å². The van der Waals surface area contributed by atoms with Gasteiger partial charge in [-0.05, 0) is 20.3 Å². The predicted octanol–water partition coefficient (Wildman–Crippen LogP) is 1.71. The van der Waals surface area contributed by atoms with E-state index in [9.17, 15) is 0 Å². The normalized spacial score (nSPS) is 22.4. The van der Waals surface area contributed by atoms with E-state index in [1.165, 1.54) is 12.8 Å². The van der Waals surface area contributed by atoms with Crippen LogP contribution in [0.2, 0.25) is 0 Å². The highest BCUT2D eigenvalue weighted by molar-refractivity contribution is 5.56. The molecule has 0 aromatic carbocycles. The van der Waals surface area contributed by atoms with E-state index in [-0.39, 0.29) is 0 Å². The van der Waals surface area contributed by atoms with Crippen LogP contribution >= 0.6 is 0 Å². The standard InChI is InChI=1S/C9H19N3/c1-4-6-7-12-9(3)11(5-2)8-10-12/h8-9H,4-7H2,1-3H3. The summed E-state index contributed by atoms with van der Waals surface area (Å²) in [6.07, 6.45) is 4.88. The van der Waals surface area contributed by atoms with Crippen molar-refractivity contribution in [1.29, 1.82) is 0 Å². The molecule has 3 heteroatoms. The second kappa shape index (κ2) is 4.33. The average molecular weight is 169 g/mol. The van der Waals surface area contributed by atoms with Crippen LogP contribution in [0.4, 0.5) is 0 Å². The van der Waals surface area contributed by atoms with Gasteiger partial charge < -0.3 is 4.90 Å². The number of rotatable bonds is 4. The molecule has 0 spiro atoms. The molecule has 1 heterocycles. The molecule has 0 aliphatic carbocycles. The Labute approximate surface area is 75.0 Å². The van der Waals surface area contributed by atoms with Crippen LogP contribution < -0.4 is 0 Å². The van der Waals surface area contributed by atoms with E-state index < -0.39 is 0 Å². The molecule has 0 fully saturated rings. The summed E-state index contributed by atoms with van der Waals surface area (Å²) >= 11 is 0. The number of hydrogen-bond acceptors (Lipinski definition) is 3. The molecule has 0 aromatic rings. The molecule has 0 saturated carbocycles. The smallest absolute Gasteiger partial charge is 0.116 e. The third-order valence-corrected chi connectivity index (χ3v) is 2.37. The first-order chi connectivity index (χ1) is 5.79. The molecule has 1 aliphatic rings. The highest BCUT2D eigenvalue weighted by Gasteiger charge is 2.20. The van der Waals surface area contributed by atoms with Crippen molar-refractivity contribution in [2.45, 2.75) is 39.8 Å². The van der Waals surface area contributed by atoms with E-state index >= 15 is 0 Å². The van der Waals surface area contributed by atoms with Gasteiger partial charge in [0.15, 0.2) is 0 Å². The van der Waals surface area contributed by atoms with E-state index in [2.05, 4.69) is 35.8 Å². The van der Waals surface area contributed by atoms with Crippen molar-refractivity contribution < 1.29 is 0 Å². The molecule has 1 atom stereocenters. The lowest BCUT2D eigenvalue weighted by Crippen LogP contribution is -2.37. The summed E-state index contributed by atoms with van der Waals surface area (Å²) in [5, 5.41) is 6.50. The minimum atomic E-state index is 0.460. The Morgan fingerprint density at radius 1 is 1.42 bits per heavy atom. The molecule has 3 nitrogen and oxygen atoms in total. The summed E-state index contributed by atoms with van der Waals surface area (Å²) in [4.78, 5) is 2.25. The minimum absolute atomic E-state index is 0.460. The molecule has 12 heavy (non-hydrogen) atoms. The maximum atomic E-state index is 4.34. The topological polar surface area (TPSA) is 18.8 Å². The molecule has 0 N–H and O–H groups in total. The molecule has 0 radical (unpaired) electrons. The van der Waals surface area contributed by atoms with Crippen molar-refractivity contribution in [2.24, 2.45) is 5.10 Å². The second-order valence-corrected chi connectivity index (χ2v) is 3.21. The Morgan fingerprint density at radius 2 is 2.17 bits per heavy atom. The molecular weight excluding hydrogens is 150 g/mol. The molecule has 70 valence electrons. The summed E-state index contributed by atoms with van der Waals surface area (Å²) in [7, 11) is 0. The van der Waals surface area contributed by atoms with Crippen LogP contribution in [0.5, 0.6) is 0 Å². The maximum Gasteiger partial charge on any atom is 0.116 e. The van der Waals surface area contributed by atoms with Crippen LogP contribution in [0.3, 0.4) is 0 Å². The Balaban J connectivity index is 2.34. The largest absolute Gasteiger partial charge is 0.340 e. The van der Waals surface area contributed by atoms with Gasteiger partial charge in [-0.15, -0.1) is 0 Å². The summed E-state index contributed by atoms with van der Waals surface area (Å²) in [6, 6.07) is 0. The van der Waals surface area contributed by atoms with Crippen LogP contribution in [-0.4, -0.2) is 35.5 Å². The lowest BCUT2D eigenvalue weighted by atomic mass is 10.3. The second-order valence-electron chi connectivity index (χ2n) is 3.21. The van der Waals surface area contributed by atoms with Crippen molar-refractivity contribution in [3.05, 3.63) is 0 Å². The lowest BCUT2D eigenvalue weighted by molar-refractivity contribution is 0.149. The first-order valence-electron chi connectivity index (χ1n) is 4.86. The highest BCUT2D eigenvalue weighted by Crippen LogP contribution is 2.11. The van der Waals surface area contributed by atoms with E-state index in [0.717, 1.165) is 13.1 Å². The van der Waals surface area contributed by atoms with Crippen LogP contribution in [0, 0.1) is 0 Å². The zero-order valence-corrected chi connectivity index (χ0v) is 8.32. The third-order valence-electron chi connectivity index (χ3n) is 2.37. The van der Waals surface area contributed by atoms with Crippen LogP contribution in [0.1, 0.15) is 33.6 Å². The van der Waals surface area contributed by atoms with Crippen molar-refractivity contribution in [3.63, 3.8) is 0 Å². The Hall–Kier alpha value is -0.730. The van der Waals surface area contributed by atoms with Crippen molar-refractivity contribution in [1.82, 2.24) is 9.91 Å². The first kappa shape index (κ1) is 9.36. The van der Waals surface area contributed by atoms with E-state index in [4.69, 9.17) is 0 Å². The highest BCUT2D eigenvalue weighted by atomic mass is 15.6. The quantitative estimate of drug-likeness (QED) is 0.638. The molecule has 1 aliphatic heterocycles. The molecule has 0 aromatic heterocycles. The van der Waals surface area contributed by atoms with Crippen LogP contribution in [0.15, 0.2) is 5.10 Å². The SMILES string of the molecule is CCCCN1N=CN(CC)C1C. The van der Waals surface area contributed by atoms with Gasteiger partial charge in [-0.2, -0.15) is 5.10 Å². The average Bonchev–Trinajstić information content (AvgIpc) is 2.43. The van der Waals surface area contributed by atoms with Gasteiger partial charge in [-0.1, -0.05) is 13.3 Å². The van der Waals surface area contributed by atoms with E-state index in [1.807, 2.05) is 6.34 Å². The fourth-order valence-electron chi connectivity index (χ4n) is 1.41. The van der Waals surface area contributed by atoms with Gasteiger partial charge in [0.1, 0.15) is 12.5 Å². The fraction of sp³-hybridized carbons (Fsp3) is 0.889. The van der Waals surface area contributed by atoms with Crippen LogP contribution in [-0.2, 0) is 0 Å². The number of hydrazone groups is 1. The molecule has 0 bridgehead atoms. The van der Waals surface area contributed by atoms with Gasteiger partial charge in [-0.25, -0.2) is 0 Å². The van der Waals surface area contributed by atoms with E-state index in [0.29, 0.717) is 6.17 Å². The fourth-order valence-corrected chi connectivity index (χ4v) is 1.41. The van der Waals surface area contributed by atoms with Gasteiger partial charge in [-0.3, -0.25) is 5.01 Å². The van der Waals surface area contributed by atoms with Gasteiger partial charge in [0.05, 0.1) is 0 Å². The molecule has 0 amide bonds. The zero-order valence-electron chi connectivity index (χ0n) is 8.32. The number of nitrogens with zero attached hydrogens (tertiary/aromatic N) is 3. The van der Waals surface area contributed by atoms with Crippen molar-refractivity contribution in [3.8, 4) is 0 Å². The first-order valence-corrected chi connectivity index (χ1v) is 4.86. The predicted molar refractivity (Wildman–Crippen MR) is 51.9 cm³/mol. The van der Waals surface area contributed by atoms with Gasteiger partial charge in [0.2, 0.25) is 0 Å². The maximum absolute atomic E-state index is 4.34. The summed E-state index contributed by atoms with van der Waals surface area (Å²) < 4.78 is 0. The monoisotopic (exact) mass is 169 g/mol. The number of unbranched alkanes of at least 4 members (excludes halogenated alkanes) is 1.